The summed E-state index contributed by atoms with van der Waals surface area (Å²) in [4.78, 5) is 26.7. The summed E-state index contributed by atoms with van der Waals surface area (Å²) in [5.41, 5.74) is 4.25. The van der Waals surface area contributed by atoms with E-state index in [9.17, 15) is 9.59 Å². The van der Waals surface area contributed by atoms with E-state index in [4.69, 9.17) is 18.3 Å². The first kappa shape index (κ1) is 30.7. The Morgan fingerprint density at radius 1 is 1.20 bits per heavy atom. The number of rotatable bonds is 14. The molecule has 41 heavy (non-hydrogen) atoms. The van der Waals surface area contributed by atoms with Crippen LogP contribution in [0, 0.1) is 25.7 Å². The van der Waals surface area contributed by atoms with Crippen molar-refractivity contribution in [2.24, 2.45) is 11.8 Å². The van der Waals surface area contributed by atoms with Crippen molar-refractivity contribution >= 4 is 5.97 Å². The van der Waals surface area contributed by atoms with Crippen molar-refractivity contribution in [1.29, 1.82) is 0 Å². The van der Waals surface area contributed by atoms with Crippen molar-refractivity contribution in [3.05, 3.63) is 63.4 Å². The molecule has 11 heteroatoms. The van der Waals surface area contributed by atoms with E-state index in [0.29, 0.717) is 31.2 Å². The first-order valence-corrected chi connectivity index (χ1v) is 14.5. The number of piperidine rings is 1. The Balaban J connectivity index is 1.50. The molecule has 1 saturated heterocycles. The summed E-state index contributed by atoms with van der Waals surface area (Å²) in [6, 6.07) is 8.34. The summed E-state index contributed by atoms with van der Waals surface area (Å²) in [5.74, 6) is -0.458. The molecule has 1 aliphatic rings. The first-order chi connectivity index (χ1) is 19.8. The number of aryl methyl sites for hydroxylation is 2. The maximum absolute atomic E-state index is 13.0. The van der Waals surface area contributed by atoms with E-state index in [1.165, 1.54) is 0 Å². The second-order valence-electron chi connectivity index (χ2n) is 11.2. The van der Waals surface area contributed by atoms with Crippen LogP contribution in [0.1, 0.15) is 61.6 Å². The van der Waals surface area contributed by atoms with E-state index in [1.54, 1.807) is 14.0 Å². The average molecular weight is 570 g/mol. The van der Waals surface area contributed by atoms with Gasteiger partial charge in [-0.25, -0.2) is 9.48 Å². The third kappa shape index (κ3) is 8.15. The number of carbonyl (C=O) groups is 1. The summed E-state index contributed by atoms with van der Waals surface area (Å²) in [5, 5.41) is 12.7. The minimum absolute atomic E-state index is 0.113. The molecular weight excluding hydrogens is 526 g/mol. The highest BCUT2D eigenvalue weighted by molar-refractivity contribution is 5.73. The van der Waals surface area contributed by atoms with Gasteiger partial charge in [0, 0.05) is 45.9 Å². The summed E-state index contributed by atoms with van der Waals surface area (Å²) in [6.45, 7) is 11.5. The number of aromatic nitrogens is 3. The number of para-hydroxylation sites is 1. The van der Waals surface area contributed by atoms with Crippen LogP contribution in [0.25, 0.3) is 5.69 Å². The van der Waals surface area contributed by atoms with E-state index in [1.807, 2.05) is 16.8 Å². The lowest BCUT2D eigenvalue weighted by Crippen LogP contribution is -2.51. The molecule has 0 aliphatic carbocycles. The van der Waals surface area contributed by atoms with E-state index in [0.717, 1.165) is 61.6 Å². The molecule has 2 aromatic heterocycles. The van der Waals surface area contributed by atoms with E-state index in [-0.39, 0.29) is 30.3 Å². The number of nitrogens with zero attached hydrogens (tertiary/aromatic N) is 4. The molecule has 224 valence electrons. The predicted molar refractivity (Wildman–Crippen MR) is 153 cm³/mol. The van der Waals surface area contributed by atoms with Crippen molar-refractivity contribution in [2.45, 2.75) is 72.6 Å². The first-order valence-electron chi connectivity index (χ1n) is 14.5. The molecule has 0 spiro atoms. The zero-order chi connectivity index (χ0) is 29.4. The Bertz CT molecular complexity index is 1330. The highest BCUT2D eigenvalue weighted by Crippen LogP contribution is 2.24. The van der Waals surface area contributed by atoms with Gasteiger partial charge in [0.1, 0.15) is 5.69 Å². The van der Waals surface area contributed by atoms with Gasteiger partial charge < -0.3 is 23.6 Å². The molecule has 1 N–H and O–H groups in total. The van der Waals surface area contributed by atoms with Gasteiger partial charge in [0.15, 0.2) is 18.1 Å². The molecule has 4 rings (SSSR count). The SMILES string of the molecule is COCCCCc1c(CN(CC(C)C)[C@@H]2CNC[C@H](C(=O)OCc3oc(=O)oc3C)C2)nnn1-c1ccccc1C. The van der Waals surface area contributed by atoms with Gasteiger partial charge in [-0.15, -0.1) is 5.10 Å². The lowest BCUT2D eigenvalue weighted by Gasteiger charge is -2.38. The van der Waals surface area contributed by atoms with E-state index < -0.39 is 5.82 Å². The molecule has 3 aromatic rings. The fourth-order valence-corrected chi connectivity index (χ4v) is 5.38. The molecular formula is C30H43N5O6. The van der Waals surface area contributed by atoms with Crippen LogP contribution in [0.5, 0.6) is 0 Å². The maximum Gasteiger partial charge on any atom is 0.519 e. The number of methoxy groups -OCH3 is 1. The number of unbranched alkanes of at least 4 members (excludes halogenated alkanes) is 1. The van der Waals surface area contributed by atoms with Gasteiger partial charge >= 0.3 is 11.8 Å². The van der Waals surface area contributed by atoms with Gasteiger partial charge in [0.05, 0.1) is 17.3 Å². The third-order valence-corrected chi connectivity index (χ3v) is 7.51. The Labute approximate surface area is 241 Å². The number of nitrogens with one attached hydrogen (secondary N) is 1. The molecule has 2 atom stereocenters. The number of hydrogen-bond donors (Lipinski definition) is 1. The Morgan fingerprint density at radius 3 is 2.71 bits per heavy atom. The second-order valence-corrected chi connectivity index (χ2v) is 11.2. The molecule has 3 heterocycles. The molecule has 0 amide bonds. The van der Waals surface area contributed by atoms with Crippen LogP contribution in [0.4, 0.5) is 0 Å². The van der Waals surface area contributed by atoms with Crippen molar-refractivity contribution < 1.29 is 23.1 Å². The maximum atomic E-state index is 13.0. The van der Waals surface area contributed by atoms with E-state index in [2.05, 4.69) is 53.4 Å². The Kier molecular flexibility index (Phi) is 10.9. The zero-order valence-electron chi connectivity index (χ0n) is 24.9. The van der Waals surface area contributed by atoms with Crippen molar-refractivity contribution in [3.8, 4) is 5.69 Å². The number of benzene rings is 1. The average Bonchev–Trinajstić information content (AvgIpc) is 3.50. The monoisotopic (exact) mass is 569 g/mol. The molecule has 1 fully saturated rings. The molecule has 1 aromatic carbocycles. The van der Waals surface area contributed by atoms with Crippen LogP contribution in [0.15, 0.2) is 37.9 Å². The fourth-order valence-electron chi connectivity index (χ4n) is 5.38. The number of ether oxygens (including phenoxy) is 2. The van der Waals surface area contributed by atoms with Gasteiger partial charge in [-0.2, -0.15) is 0 Å². The summed E-state index contributed by atoms with van der Waals surface area (Å²) in [6.07, 6.45) is 3.43. The quantitative estimate of drug-likeness (QED) is 0.227. The minimum Gasteiger partial charge on any atom is -0.457 e. The Morgan fingerprint density at radius 2 is 2.00 bits per heavy atom. The van der Waals surface area contributed by atoms with Crippen LogP contribution in [0.3, 0.4) is 0 Å². The molecule has 1 aliphatic heterocycles. The normalized spacial score (nSPS) is 17.4. The van der Waals surface area contributed by atoms with Gasteiger partial charge in [-0.3, -0.25) is 9.69 Å². The lowest BCUT2D eigenvalue weighted by atomic mass is 9.94. The number of hydrogen-bond acceptors (Lipinski definition) is 10. The minimum atomic E-state index is -0.797. The van der Waals surface area contributed by atoms with Gasteiger partial charge in [-0.1, -0.05) is 37.3 Å². The summed E-state index contributed by atoms with van der Waals surface area (Å²) in [7, 11) is 1.73. The van der Waals surface area contributed by atoms with Gasteiger partial charge in [-0.05, 0) is 57.1 Å². The highest BCUT2D eigenvalue weighted by atomic mass is 16.6. The van der Waals surface area contributed by atoms with Crippen LogP contribution in [-0.2, 0) is 33.8 Å². The van der Waals surface area contributed by atoms with Gasteiger partial charge in [0.2, 0.25) is 0 Å². The largest absolute Gasteiger partial charge is 0.519 e. The van der Waals surface area contributed by atoms with E-state index >= 15 is 0 Å². The zero-order valence-corrected chi connectivity index (χ0v) is 24.9. The molecule has 0 unspecified atom stereocenters. The molecule has 0 radical (unpaired) electrons. The third-order valence-electron chi connectivity index (χ3n) is 7.51. The molecule has 11 nitrogen and oxygen atoms in total. The predicted octanol–water partition coefficient (Wildman–Crippen LogP) is 3.58. The second kappa shape index (κ2) is 14.6. The highest BCUT2D eigenvalue weighted by Gasteiger charge is 2.33. The number of esters is 1. The lowest BCUT2D eigenvalue weighted by molar-refractivity contribution is -0.151. The number of carbonyl (C=O) groups excluding carboxylic acids is 1. The molecule has 0 bridgehead atoms. The van der Waals surface area contributed by atoms with Crippen molar-refractivity contribution in [2.75, 3.05) is 33.4 Å². The summed E-state index contributed by atoms with van der Waals surface area (Å²) < 4.78 is 22.6. The van der Waals surface area contributed by atoms with Crippen LogP contribution in [-0.4, -0.2) is 65.3 Å². The topological polar surface area (TPSA) is 125 Å². The Hall–Kier alpha value is -3.28. The van der Waals surface area contributed by atoms with Gasteiger partial charge in [0.25, 0.3) is 0 Å². The van der Waals surface area contributed by atoms with Crippen molar-refractivity contribution in [1.82, 2.24) is 25.2 Å². The van der Waals surface area contributed by atoms with Crippen LogP contribution < -0.4 is 11.1 Å². The van der Waals surface area contributed by atoms with Crippen molar-refractivity contribution in [3.63, 3.8) is 0 Å². The standard InChI is InChI=1S/C30H43N5O6/c1-20(2)17-34(24-14-23(15-31-16-24)29(36)39-19-28-22(4)40-30(37)41-28)18-25-27(12-8-9-13-38-5)35(33-32-25)26-11-7-6-10-21(26)3/h6-7,10-11,20,23-24,31H,8-9,12-19H2,1-5H3/t23-,24+/m1/s1. The fraction of sp³-hybridized carbons (Fsp3) is 0.600. The molecule has 0 saturated carbocycles. The smallest absolute Gasteiger partial charge is 0.457 e. The van der Waals surface area contributed by atoms with Crippen LogP contribution >= 0.6 is 0 Å². The van der Waals surface area contributed by atoms with Crippen LogP contribution in [0.2, 0.25) is 0 Å². The summed E-state index contributed by atoms with van der Waals surface area (Å²) >= 11 is 0.